The van der Waals surface area contributed by atoms with Gasteiger partial charge in [0.1, 0.15) is 0 Å². The van der Waals surface area contributed by atoms with Gasteiger partial charge in [-0.3, -0.25) is 0 Å². The van der Waals surface area contributed by atoms with Crippen molar-refractivity contribution in [3.05, 3.63) is 110 Å². The van der Waals surface area contributed by atoms with Crippen LogP contribution in [0, 0.1) is 15.9 Å². The molecule has 3 aromatic rings. The topological polar surface area (TPSA) is 0 Å². The van der Waals surface area contributed by atoms with E-state index in [-0.39, 0.29) is 5.41 Å². The highest BCUT2D eigenvalue weighted by molar-refractivity contribution is 5.80. The number of rotatable bonds is 1. The molecule has 0 fully saturated rings. The minimum atomic E-state index is 0.126. The summed E-state index contributed by atoms with van der Waals surface area (Å²) in [6.07, 6.45) is 4.93. The van der Waals surface area contributed by atoms with Crippen LogP contribution < -0.4 is 10.4 Å². The Kier molecular flexibility index (Phi) is 3.96. The van der Waals surface area contributed by atoms with Crippen LogP contribution in [-0.2, 0) is 0 Å². The first kappa shape index (κ1) is 18.2. The van der Waals surface area contributed by atoms with Crippen LogP contribution >= 0.6 is 0 Å². The highest BCUT2D eigenvalue weighted by Gasteiger charge is 2.32. The molecule has 0 aromatic heterocycles. The molecule has 1 unspecified atom stereocenters. The molecule has 2 aliphatic carbocycles. The third kappa shape index (κ3) is 2.74. The van der Waals surface area contributed by atoms with E-state index < -0.39 is 0 Å². The van der Waals surface area contributed by atoms with Crippen LogP contribution in [0.25, 0.3) is 17.2 Å². The maximum atomic E-state index is 2.53. The number of fused-ring (bicyclic) bond motifs is 3. The molecule has 2 aliphatic rings. The van der Waals surface area contributed by atoms with Gasteiger partial charge in [0.15, 0.2) is 0 Å². The van der Waals surface area contributed by atoms with Gasteiger partial charge in [-0.15, -0.1) is 0 Å². The molecular weight excluding hydrogens is 348 g/mol. The molecule has 29 heavy (non-hydrogen) atoms. The van der Waals surface area contributed by atoms with Crippen LogP contribution in [0.15, 0.2) is 66.7 Å². The first-order chi connectivity index (χ1) is 13.9. The molecule has 0 aliphatic heterocycles. The maximum Gasteiger partial charge on any atom is 0.0293 e. The van der Waals surface area contributed by atoms with Gasteiger partial charge in [-0.1, -0.05) is 93.1 Å². The van der Waals surface area contributed by atoms with E-state index in [1.807, 2.05) is 0 Å². The zero-order chi connectivity index (χ0) is 20.3. The number of benzene rings is 3. The molecule has 0 spiro atoms. The second-order valence-electron chi connectivity index (χ2n) is 9.61. The smallest absolute Gasteiger partial charge is 0.0293 e. The summed E-state index contributed by atoms with van der Waals surface area (Å²) in [5.74, 6) is 0.297. The van der Waals surface area contributed by atoms with E-state index in [9.17, 15) is 0 Å². The second kappa shape index (κ2) is 6.32. The third-order valence-electron chi connectivity index (χ3n) is 6.42. The summed E-state index contributed by atoms with van der Waals surface area (Å²) < 4.78 is 0. The van der Waals surface area contributed by atoms with E-state index >= 15 is 0 Å². The Labute approximate surface area is 173 Å². The highest BCUT2D eigenvalue weighted by atomic mass is 14.4. The number of hydrogen-bond donors (Lipinski definition) is 0. The Bertz CT molecular complexity index is 1390. The molecule has 0 nitrogen and oxygen atoms in total. The Morgan fingerprint density at radius 2 is 1.52 bits per heavy atom. The van der Waals surface area contributed by atoms with Crippen molar-refractivity contribution in [2.24, 2.45) is 5.41 Å². The maximum absolute atomic E-state index is 2.53. The summed E-state index contributed by atoms with van der Waals surface area (Å²) in [7, 11) is 0. The minimum Gasteiger partial charge on any atom is -0.0689 e. The quantitative estimate of drug-likeness (QED) is 0.389. The molecule has 1 atom stereocenters. The van der Waals surface area contributed by atoms with Gasteiger partial charge in [-0.25, -0.2) is 0 Å². The van der Waals surface area contributed by atoms with Gasteiger partial charge in [0, 0.05) is 5.92 Å². The Morgan fingerprint density at radius 3 is 2.28 bits per heavy atom. The number of hydrogen-bond acceptors (Lipinski definition) is 0. The third-order valence-corrected chi connectivity index (χ3v) is 6.42. The largest absolute Gasteiger partial charge is 0.0689 e. The first-order valence-corrected chi connectivity index (χ1v) is 10.6. The molecule has 0 radical (unpaired) electrons. The summed E-state index contributed by atoms with van der Waals surface area (Å²) >= 11 is 0. The fraction of sp³-hybridized carbons (Fsp3) is 0.241. The monoisotopic (exact) mass is 376 g/mol. The zero-order valence-electron chi connectivity index (χ0n) is 18.0. The summed E-state index contributed by atoms with van der Waals surface area (Å²) in [4.78, 5) is 0. The van der Waals surface area contributed by atoms with Crippen molar-refractivity contribution in [2.75, 3.05) is 0 Å². The van der Waals surface area contributed by atoms with Crippen molar-refractivity contribution in [3.8, 4) is 0 Å². The Hall–Kier alpha value is -2.86. The predicted molar refractivity (Wildman–Crippen MR) is 124 cm³/mol. The zero-order valence-corrected chi connectivity index (χ0v) is 18.0. The summed E-state index contributed by atoms with van der Waals surface area (Å²) in [5, 5.41) is 5.45. The summed E-state index contributed by atoms with van der Waals surface area (Å²) in [6.45, 7) is 11.5. The standard InChI is InChI=1S/C29H28/c1-18(2)20-14-15-23-21-11-7-6-10-19(21)16-25(23)28(20)26-17-27(29(3,4)5)24-13-9-8-12-22(24)26/h6-17,26H,1-5H3. The van der Waals surface area contributed by atoms with E-state index in [2.05, 4.69) is 107 Å². The van der Waals surface area contributed by atoms with Gasteiger partial charge in [0.2, 0.25) is 0 Å². The average molecular weight is 377 g/mol. The van der Waals surface area contributed by atoms with Crippen molar-refractivity contribution in [1.29, 1.82) is 0 Å². The average Bonchev–Trinajstić information content (AvgIpc) is 3.25. The van der Waals surface area contributed by atoms with E-state index in [1.165, 1.54) is 54.3 Å². The van der Waals surface area contributed by atoms with E-state index in [0.717, 1.165) is 0 Å². The minimum absolute atomic E-state index is 0.126. The SMILES string of the molecule is CC(C)=c1ccc2c(c1C1C=C(C(C)(C)C)c3ccccc31)C=c1ccccc1=2. The van der Waals surface area contributed by atoms with Gasteiger partial charge in [-0.2, -0.15) is 0 Å². The molecule has 0 amide bonds. The van der Waals surface area contributed by atoms with Crippen molar-refractivity contribution in [3.63, 3.8) is 0 Å². The summed E-state index contributed by atoms with van der Waals surface area (Å²) in [5.41, 5.74) is 8.69. The van der Waals surface area contributed by atoms with Crippen molar-refractivity contribution in [1.82, 2.24) is 0 Å². The van der Waals surface area contributed by atoms with Crippen molar-refractivity contribution < 1.29 is 0 Å². The van der Waals surface area contributed by atoms with E-state index in [1.54, 1.807) is 0 Å². The molecule has 0 heteroatoms. The van der Waals surface area contributed by atoms with Gasteiger partial charge in [0.25, 0.3) is 0 Å². The Balaban J connectivity index is 1.91. The lowest BCUT2D eigenvalue weighted by Gasteiger charge is -2.21. The molecular formula is C29H28. The highest BCUT2D eigenvalue weighted by Crippen LogP contribution is 2.47. The van der Waals surface area contributed by atoms with Crippen LogP contribution in [0.3, 0.4) is 0 Å². The van der Waals surface area contributed by atoms with Gasteiger partial charge in [-0.05, 0) is 74.0 Å². The lowest BCUT2D eigenvalue weighted by molar-refractivity contribution is 0.567. The number of allylic oxidation sites excluding steroid dienone is 2. The molecule has 3 aromatic carbocycles. The van der Waals surface area contributed by atoms with Crippen LogP contribution in [0.4, 0.5) is 0 Å². The molecule has 0 saturated carbocycles. The van der Waals surface area contributed by atoms with Crippen molar-refractivity contribution >= 4 is 17.2 Å². The molecule has 144 valence electrons. The van der Waals surface area contributed by atoms with Crippen LogP contribution in [-0.4, -0.2) is 0 Å². The van der Waals surface area contributed by atoms with Crippen LogP contribution in [0.5, 0.6) is 0 Å². The molecule has 0 N–H and O–H groups in total. The van der Waals surface area contributed by atoms with Gasteiger partial charge < -0.3 is 0 Å². The molecule has 0 saturated heterocycles. The first-order valence-electron chi connectivity index (χ1n) is 10.6. The van der Waals surface area contributed by atoms with E-state index in [4.69, 9.17) is 0 Å². The predicted octanol–water partition coefficient (Wildman–Crippen LogP) is 5.88. The second-order valence-corrected chi connectivity index (χ2v) is 9.61. The lowest BCUT2D eigenvalue weighted by atomic mass is 9.83. The fourth-order valence-corrected chi connectivity index (χ4v) is 5.07. The Morgan fingerprint density at radius 1 is 0.793 bits per heavy atom. The lowest BCUT2D eigenvalue weighted by Crippen LogP contribution is -2.17. The van der Waals surface area contributed by atoms with Crippen LogP contribution in [0.1, 0.15) is 62.8 Å². The molecule has 5 rings (SSSR count). The molecule has 0 heterocycles. The van der Waals surface area contributed by atoms with Gasteiger partial charge in [0.05, 0.1) is 0 Å². The molecule has 0 bridgehead atoms. The van der Waals surface area contributed by atoms with E-state index in [0.29, 0.717) is 5.92 Å². The fourth-order valence-electron chi connectivity index (χ4n) is 5.07. The van der Waals surface area contributed by atoms with Crippen molar-refractivity contribution in [2.45, 2.75) is 40.5 Å². The van der Waals surface area contributed by atoms with Gasteiger partial charge >= 0.3 is 0 Å². The normalized spacial score (nSPS) is 16.6. The van der Waals surface area contributed by atoms with Crippen LogP contribution in [0.2, 0.25) is 0 Å². The summed E-state index contributed by atoms with van der Waals surface area (Å²) in [6, 6.07) is 22.4.